The number of aromatic hydroxyl groups is 1. The fraction of sp³-hybridized carbons (Fsp3) is 0.652. The summed E-state index contributed by atoms with van der Waals surface area (Å²) in [6, 6.07) is 5.19. The van der Waals surface area contributed by atoms with Gasteiger partial charge in [0.2, 0.25) is 0 Å². The zero-order valence-corrected chi connectivity index (χ0v) is 18.0. The van der Waals surface area contributed by atoms with Crippen molar-refractivity contribution in [1.82, 2.24) is 14.7 Å². The Morgan fingerprint density at radius 1 is 1.13 bits per heavy atom. The fourth-order valence-electron chi connectivity index (χ4n) is 7.15. The van der Waals surface area contributed by atoms with E-state index in [9.17, 15) is 19.8 Å². The van der Waals surface area contributed by atoms with E-state index in [1.165, 1.54) is 4.90 Å². The maximum Gasteiger partial charge on any atom is 0.327 e. The van der Waals surface area contributed by atoms with Crippen molar-refractivity contribution in [3.63, 3.8) is 0 Å². The second-order valence-electron chi connectivity index (χ2n) is 9.58. The van der Waals surface area contributed by atoms with Crippen LogP contribution in [-0.2, 0) is 16.6 Å². The first-order valence-corrected chi connectivity index (χ1v) is 11.1. The summed E-state index contributed by atoms with van der Waals surface area (Å²) in [5.74, 6) is 0.0508. The molecule has 1 spiro atoms. The number of nitrogens with zero attached hydrogens (tertiary/aromatic N) is 3. The summed E-state index contributed by atoms with van der Waals surface area (Å²) in [5.41, 5.74) is -0.497. The van der Waals surface area contributed by atoms with Gasteiger partial charge < -0.3 is 20.0 Å². The number of carbonyl (C=O) groups is 2. The smallest absolute Gasteiger partial charge is 0.327 e. The lowest BCUT2D eigenvalue weighted by molar-refractivity contribution is -0.184. The predicted octanol–water partition coefficient (Wildman–Crippen LogP) is 1.85. The number of hydrogen-bond acceptors (Lipinski definition) is 5. The van der Waals surface area contributed by atoms with Crippen LogP contribution in [0.15, 0.2) is 18.2 Å². The number of likely N-dealkylation sites (N-methyl/N-ethyl adjacent to an activating group) is 3. The van der Waals surface area contributed by atoms with Crippen molar-refractivity contribution in [2.24, 2.45) is 0 Å². The normalized spacial score (nSPS) is 38.2. The number of phenols is 1. The van der Waals surface area contributed by atoms with Crippen LogP contribution in [0.25, 0.3) is 0 Å². The Morgan fingerprint density at radius 3 is 2.60 bits per heavy atom. The molecule has 0 unspecified atom stereocenters. The molecule has 5 rings (SSSR count). The number of fused-ring (bicyclic) bond motifs is 1. The minimum Gasteiger partial charge on any atom is -0.508 e. The van der Waals surface area contributed by atoms with Crippen LogP contribution in [0.2, 0.25) is 0 Å². The Balaban J connectivity index is 1.72. The van der Waals surface area contributed by atoms with E-state index in [1.807, 2.05) is 19.9 Å². The standard InChI is InChI=1S/C23H31N3O4/c1-4-25-19(28)22(26(5-2)20(25)29)8-9-23(30)18-12-15-6-7-16(27)13-17(15)21(23,14-22)10-11-24(18)3/h6-7,13,18,27,30H,4-5,8-12,14H2,1-3H3/t18-,21-,22+,23-/m1/s1. The van der Waals surface area contributed by atoms with E-state index in [1.54, 1.807) is 17.0 Å². The number of likely N-dealkylation sites (tertiary alicyclic amines) is 1. The largest absolute Gasteiger partial charge is 0.508 e. The highest BCUT2D eigenvalue weighted by Gasteiger charge is 2.71. The molecule has 2 bridgehead atoms. The quantitative estimate of drug-likeness (QED) is 0.723. The van der Waals surface area contributed by atoms with Gasteiger partial charge in [-0.25, -0.2) is 4.79 Å². The molecule has 1 saturated carbocycles. The van der Waals surface area contributed by atoms with Gasteiger partial charge in [-0.15, -0.1) is 0 Å². The molecule has 3 fully saturated rings. The van der Waals surface area contributed by atoms with Crippen LogP contribution in [0, 0.1) is 0 Å². The SMILES string of the molecule is CCN1C(=O)N(CC)[C@]2(CC[C@@]3(O)[C@H]4Cc5ccc(O)cc5[C@@]3(CCN4C)C2)C1=O. The first-order valence-electron chi connectivity index (χ1n) is 11.1. The third-order valence-electron chi connectivity index (χ3n) is 8.59. The molecule has 2 aliphatic heterocycles. The summed E-state index contributed by atoms with van der Waals surface area (Å²) in [6.45, 7) is 5.38. The highest BCUT2D eigenvalue weighted by atomic mass is 16.3. The molecule has 2 N–H and O–H groups in total. The van der Waals surface area contributed by atoms with Crippen molar-refractivity contribution in [2.75, 3.05) is 26.7 Å². The highest BCUT2D eigenvalue weighted by Crippen LogP contribution is 2.62. The van der Waals surface area contributed by atoms with Gasteiger partial charge in [0.25, 0.3) is 5.91 Å². The van der Waals surface area contributed by atoms with Crippen LogP contribution in [-0.4, -0.2) is 80.7 Å². The average molecular weight is 414 g/mol. The van der Waals surface area contributed by atoms with E-state index in [0.717, 1.165) is 24.1 Å². The van der Waals surface area contributed by atoms with Gasteiger partial charge in [0.1, 0.15) is 11.3 Å². The van der Waals surface area contributed by atoms with Crippen LogP contribution >= 0.6 is 0 Å². The van der Waals surface area contributed by atoms with E-state index in [2.05, 4.69) is 11.9 Å². The molecule has 7 heteroatoms. The number of hydrogen-bond donors (Lipinski definition) is 2. The Kier molecular flexibility index (Phi) is 4.10. The highest BCUT2D eigenvalue weighted by molar-refractivity contribution is 6.07. The van der Waals surface area contributed by atoms with E-state index < -0.39 is 16.6 Å². The number of phenolic OH excluding ortho intramolecular Hbond substituents is 1. The Hall–Kier alpha value is -2.12. The second-order valence-corrected chi connectivity index (χ2v) is 9.58. The van der Waals surface area contributed by atoms with Crippen LogP contribution < -0.4 is 0 Å². The van der Waals surface area contributed by atoms with Crippen molar-refractivity contribution >= 4 is 11.9 Å². The zero-order valence-electron chi connectivity index (χ0n) is 18.0. The molecule has 2 aliphatic carbocycles. The van der Waals surface area contributed by atoms with Crippen LogP contribution in [0.3, 0.4) is 0 Å². The average Bonchev–Trinajstić information content (AvgIpc) is 2.91. The molecule has 1 aromatic rings. The minimum absolute atomic E-state index is 0.0368. The van der Waals surface area contributed by atoms with Crippen molar-refractivity contribution in [3.05, 3.63) is 29.3 Å². The van der Waals surface area contributed by atoms with Gasteiger partial charge in [-0.1, -0.05) is 6.07 Å². The molecule has 162 valence electrons. The first-order chi connectivity index (χ1) is 14.2. The van der Waals surface area contributed by atoms with Gasteiger partial charge in [0, 0.05) is 24.5 Å². The van der Waals surface area contributed by atoms with Crippen LogP contribution in [0.4, 0.5) is 4.79 Å². The van der Waals surface area contributed by atoms with Gasteiger partial charge in [-0.3, -0.25) is 9.69 Å². The van der Waals surface area contributed by atoms with Gasteiger partial charge in [0.15, 0.2) is 0 Å². The van der Waals surface area contributed by atoms with Crippen LogP contribution in [0.1, 0.15) is 50.7 Å². The van der Waals surface area contributed by atoms with Gasteiger partial charge >= 0.3 is 6.03 Å². The molecule has 7 nitrogen and oxygen atoms in total. The van der Waals surface area contributed by atoms with Crippen LogP contribution in [0.5, 0.6) is 5.75 Å². The van der Waals surface area contributed by atoms with E-state index in [0.29, 0.717) is 38.8 Å². The molecule has 30 heavy (non-hydrogen) atoms. The number of piperidine rings is 1. The molecule has 0 radical (unpaired) electrons. The zero-order chi connectivity index (χ0) is 21.5. The number of carbonyl (C=O) groups excluding carboxylic acids is 2. The molecule has 1 aromatic carbocycles. The van der Waals surface area contributed by atoms with E-state index >= 15 is 0 Å². The lowest BCUT2D eigenvalue weighted by atomic mass is 9.46. The first kappa shape index (κ1) is 19.8. The van der Waals surface area contributed by atoms with E-state index in [4.69, 9.17) is 0 Å². The van der Waals surface area contributed by atoms with Gasteiger partial charge in [-0.2, -0.15) is 0 Å². The number of benzene rings is 1. The fourth-order valence-corrected chi connectivity index (χ4v) is 7.15. The number of rotatable bonds is 2. The Morgan fingerprint density at radius 2 is 1.90 bits per heavy atom. The number of amides is 3. The molecular weight excluding hydrogens is 382 g/mol. The topological polar surface area (TPSA) is 84.3 Å². The molecular formula is C23H31N3O4. The third-order valence-corrected chi connectivity index (χ3v) is 8.59. The summed E-state index contributed by atoms with van der Waals surface area (Å²) in [6.07, 6.45) is 2.76. The summed E-state index contributed by atoms with van der Waals surface area (Å²) in [4.78, 5) is 32.0. The predicted molar refractivity (Wildman–Crippen MR) is 111 cm³/mol. The molecule has 4 aliphatic rings. The minimum atomic E-state index is -0.992. The summed E-state index contributed by atoms with van der Waals surface area (Å²) in [5, 5.41) is 22.5. The number of urea groups is 1. The lowest BCUT2D eigenvalue weighted by Crippen LogP contribution is -2.76. The maximum absolute atomic E-state index is 13.6. The Bertz CT molecular complexity index is 935. The molecule has 2 saturated heterocycles. The summed E-state index contributed by atoms with van der Waals surface area (Å²) >= 11 is 0. The van der Waals surface area contributed by atoms with Gasteiger partial charge in [0.05, 0.1) is 5.60 Å². The van der Waals surface area contributed by atoms with E-state index in [-0.39, 0.29) is 23.7 Å². The Labute approximate surface area is 177 Å². The summed E-state index contributed by atoms with van der Waals surface area (Å²) in [7, 11) is 2.06. The van der Waals surface area contributed by atoms with Crippen molar-refractivity contribution < 1.29 is 19.8 Å². The molecule has 0 aromatic heterocycles. The molecule has 3 amide bonds. The number of imide groups is 1. The summed E-state index contributed by atoms with van der Waals surface area (Å²) < 4.78 is 0. The van der Waals surface area contributed by atoms with Crippen molar-refractivity contribution in [1.29, 1.82) is 0 Å². The van der Waals surface area contributed by atoms with Gasteiger partial charge in [-0.05, 0) is 82.8 Å². The third kappa shape index (κ3) is 2.12. The van der Waals surface area contributed by atoms with Crippen molar-refractivity contribution in [3.8, 4) is 5.75 Å². The molecule has 4 atom stereocenters. The second kappa shape index (κ2) is 6.20. The maximum atomic E-state index is 13.6. The van der Waals surface area contributed by atoms with Crippen molar-refractivity contribution in [2.45, 2.75) is 68.5 Å². The lowest BCUT2D eigenvalue weighted by Gasteiger charge is -2.66. The molecule has 2 heterocycles. The monoisotopic (exact) mass is 413 g/mol. The number of aliphatic hydroxyl groups is 1.